The number of nitro benzene ring substituents is 1. The quantitative estimate of drug-likeness (QED) is 0.361. The van der Waals surface area contributed by atoms with E-state index in [4.69, 9.17) is 26.2 Å². The molecule has 1 unspecified atom stereocenters. The molecule has 0 amide bonds. The van der Waals surface area contributed by atoms with Gasteiger partial charge in [0, 0.05) is 11.1 Å². The van der Waals surface area contributed by atoms with E-state index in [1.165, 1.54) is 43.3 Å². The third-order valence-electron chi connectivity index (χ3n) is 3.08. The van der Waals surface area contributed by atoms with Crippen molar-refractivity contribution in [3.05, 3.63) is 63.2 Å². The Bertz CT molecular complexity index is 837. The smallest absolute Gasteiger partial charge is 0.352 e. The molecule has 0 aromatic heterocycles. The van der Waals surface area contributed by atoms with Crippen LogP contribution >= 0.6 is 11.6 Å². The highest BCUT2D eigenvalue weighted by molar-refractivity contribution is 6.31. The van der Waals surface area contributed by atoms with E-state index in [1.807, 2.05) is 0 Å². The summed E-state index contributed by atoms with van der Waals surface area (Å²) in [7, 11) is 0. The number of nitro groups is 1. The van der Waals surface area contributed by atoms with Gasteiger partial charge in [0.2, 0.25) is 0 Å². The van der Waals surface area contributed by atoms with Crippen LogP contribution in [0.25, 0.3) is 0 Å². The second-order valence-electron chi connectivity index (χ2n) is 4.85. The summed E-state index contributed by atoms with van der Waals surface area (Å²) in [5.41, 5.74) is -0.599. The number of para-hydroxylation sites is 2. The predicted octanol–water partition coefficient (Wildman–Crippen LogP) is 3.32. The summed E-state index contributed by atoms with van der Waals surface area (Å²) in [6.45, 7) is 1.33. The number of carbonyl (C=O) groups excluding carboxylic acids is 1. The fourth-order valence-corrected chi connectivity index (χ4v) is 2.07. The lowest BCUT2D eigenvalue weighted by atomic mass is 10.2. The van der Waals surface area contributed by atoms with E-state index in [0.717, 1.165) is 6.07 Å². The SMILES string of the molecule is CC(Oc1ccccc1[N+](=O)[O-])C(=O)Oc1ccc(Cl)cc1C(=O)O. The maximum Gasteiger partial charge on any atom is 0.352 e. The molecule has 25 heavy (non-hydrogen) atoms. The normalized spacial score (nSPS) is 11.4. The summed E-state index contributed by atoms with van der Waals surface area (Å²) >= 11 is 5.72. The van der Waals surface area contributed by atoms with Crippen LogP contribution in [-0.4, -0.2) is 28.1 Å². The average Bonchev–Trinajstić information content (AvgIpc) is 2.56. The number of hydrogen-bond acceptors (Lipinski definition) is 6. The number of carboxylic acids is 1. The van der Waals surface area contributed by atoms with E-state index in [2.05, 4.69) is 0 Å². The number of aromatic carboxylic acids is 1. The highest BCUT2D eigenvalue weighted by atomic mass is 35.5. The van der Waals surface area contributed by atoms with Crippen LogP contribution in [0.4, 0.5) is 5.69 Å². The number of benzene rings is 2. The number of carbonyl (C=O) groups is 2. The zero-order valence-electron chi connectivity index (χ0n) is 12.8. The van der Waals surface area contributed by atoms with Gasteiger partial charge in [-0.05, 0) is 31.2 Å². The lowest BCUT2D eigenvalue weighted by Gasteiger charge is -2.14. The number of ether oxygens (including phenoxy) is 2. The molecule has 0 aliphatic carbocycles. The summed E-state index contributed by atoms with van der Waals surface area (Å²) in [5, 5.41) is 20.2. The van der Waals surface area contributed by atoms with Gasteiger partial charge in [-0.25, -0.2) is 9.59 Å². The van der Waals surface area contributed by atoms with E-state index in [9.17, 15) is 19.7 Å². The van der Waals surface area contributed by atoms with E-state index < -0.39 is 23.0 Å². The summed E-state index contributed by atoms with van der Waals surface area (Å²) in [6, 6.07) is 9.29. The zero-order valence-corrected chi connectivity index (χ0v) is 13.6. The van der Waals surface area contributed by atoms with E-state index in [0.29, 0.717) is 0 Å². The zero-order chi connectivity index (χ0) is 18.6. The van der Waals surface area contributed by atoms with Crippen LogP contribution in [0.15, 0.2) is 42.5 Å². The van der Waals surface area contributed by atoms with Gasteiger partial charge in [-0.3, -0.25) is 10.1 Å². The van der Waals surface area contributed by atoms with Crippen molar-refractivity contribution in [3.63, 3.8) is 0 Å². The fourth-order valence-electron chi connectivity index (χ4n) is 1.90. The highest BCUT2D eigenvalue weighted by Gasteiger charge is 2.24. The van der Waals surface area contributed by atoms with Crippen LogP contribution in [0.2, 0.25) is 5.02 Å². The van der Waals surface area contributed by atoms with E-state index in [-0.39, 0.29) is 27.8 Å². The van der Waals surface area contributed by atoms with Crippen LogP contribution in [0.1, 0.15) is 17.3 Å². The molecule has 0 radical (unpaired) electrons. The lowest BCUT2D eigenvalue weighted by Crippen LogP contribution is -2.29. The monoisotopic (exact) mass is 365 g/mol. The molecule has 8 nitrogen and oxygen atoms in total. The number of hydrogen-bond donors (Lipinski definition) is 1. The minimum absolute atomic E-state index is 0.105. The molecular weight excluding hydrogens is 354 g/mol. The molecule has 0 aliphatic rings. The largest absolute Gasteiger partial charge is 0.478 e. The van der Waals surface area contributed by atoms with Gasteiger partial charge in [-0.15, -0.1) is 0 Å². The fraction of sp³-hybridized carbons (Fsp3) is 0.125. The number of nitrogens with zero attached hydrogens (tertiary/aromatic N) is 1. The first-order chi connectivity index (χ1) is 11.8. The third kappa shape index (κ3) is 4.45. The van der Waals surface area contributed by atoms with E-state index in [1.54, 1.807) is 0 Å². The van der Waals surface area contributed by atoms with Gasteiger partial charge < -0.3 is 14.6 Å². The van der Waals surface area contributed by atoms with Gasteiger partial charge in [0.25, 0.3) is 0 Å². The van der Waals surface area contributed by atoms with Crippen molar-refractivity contribution in [3.8, 4) is 11.5 Å². The van der Waals surface area contributed by atoms with Crippen molar-refractivity contribution in [1.29, 1.82) is 0 Å². The standard InChI is InChI=1S/C16H12ClNO7/c1-9(24-14-5-3-2-4-12(14)18(22)23)16(21)25-13-7-6-10(17)8-11(13)15(19)20/h2-9H,1H3,(H,19,20). The number of halogens is 1. The minimum atomic E-state index is -1.32. The van der Waals surface area contributed by atoms with Gasteiger partial charge in [0.15, 0.2) is 11.9 Å². The van der Waals surface area contributed by atoms with Gasteiger partial charge in [-0.1, -0.05) is 23.7 Å². The van der Waals surface area contributed by atoms with Crippen LogP contribution in [-0.2, 0) is 4.79 Å². The van der Waals surface area contributed by atoms with Gasteiger partial charge in [-0.2, -0.15) is 0 Å². The summed E-state index contributed by atoms with van der Waals surface area (Å²) in [5.74, 6) is -2.55. The topological polar surface area (TPSA) is 116 Å². The van der Waals surface area contributed by atoms with Crippen LogP contribution < -0.4 is 9.47 Å². The maximum atomic E-state index is 12.1. The predicted molar refractivity (Wildman–Crippen MR) is 87.2 cm³/mol. The molecule has 2 aromatic rings. The first kappa shape index (κ1) is 18.2. The van der Waals surface area contributed by atoms with Crippen LogP contribution in [0, 0.1) is 10.1 Å². The second kappa shape index (κ2) is 7.63. The summed E-state index contributed by atoms with van der Waals surface area (Å²) in [4.78, 5) is 33.6. The Kier molecular flexibility index (Phi) is 5.56. The molecular formula is C16H12ClNO7. The lowest BCUT2D eigenvalue weighted by molar-refractivity contribution is -0.386. The van der Waals surface area contributed by atoms with Gasteiger partial charge >= 0.3 is 17.6 Å². The van der Waals surface area contributed by atoms with Crippen molar-refractivity contribution in [1.82, 2.24) is 0 Å². The first-order valence-electron chi connectivity index (χ1n) is 6.94. The Labute approximate surface area is 146 Å². The summed E-state index contributed by atoms with van der Waals surface area (Å²) < 4.78 is 10.3. The minimum Gasteiger partial charge on any atom is -0.478 e. The Morgan fingerprint density at radius 2 is 1.88 bits per heavy atom. The molecule has 0 spiro atoms. The van der Waals surface area contributed by atoms with Crippen LogP contribution in [0.5, 0.6) is 11.5 Å². The Morgan fingerprint density at radius 1 is 1.20 bits per heavy atom. The Balaban J connectivity index is 2.17. The number of carboxylic acid groups (broad SMARTS) is 1. The highest BCUT2D eigenvalue weighted by Crippen LogP contribution is 2.28. The average molecular weight is 366 g/mol. The molecule has 0 fully saturated rings. The molecule has 0 saturated heterocycles. The molecule has 0 heterocycles. The van der Waals surface area contributed by atoms with Crippen molar-refractivity contribution >= 4 is 29.2 Å². The van der Waals surface area contributed by atoms with Crippen molar-refractivity contribution in [2.75, 3.05) is 0 Å². The maximum absolute atomic E-state index is 12.1. The molecule has 1 N–H and O–H groups in total. The molecule has 130 valence electrons. The summed E-state index contributed by atoms with van der Waals surface area (Å²) in [6.07, 6.45) is -1.21. The molecule has 0 saturated carbocycles. The van der Waals surface area contributed by atoms with Gasteiger partial charge in [0.05, 0.1) is 4.92 Å². The molecule has 2 rings (SSSR count). The number of esters is 1. The molecule has 0 aliphatic heterocycles. The van der Waals surface area contributed by atoms with Crippen molar-refractivity contribution in [2.45, 2.75) is 13.0 Å². The molecule has 0 bridgehead atoms. The Morgan fingerprint density at radius 3 is 2.52 bits per heavy atom. The molecule has 1 atom stereocenters. The van der Waals surface area contributed by atoms with E-state index >= 15 is 0 Å². The van der Waals surface area contributed by atoms with Gasteiger partial charge in [0.1, 0.15) is 11.3 Å². The van der Waals surface area contributed by atoms with Crippen molar-refractivity contribution < 1.29 is 29.1 Å². The third-order valence-corrected chi connectivity index (χ3v) is 3.32. The molecule has 2 aromatic carbocycles. The second-order valence-corrected chi connectivity index (χ2v) is 5.29. The van der Waals surface area contributed by atoms with Crippen LogP contribution in [0.3, 0.4) is 0 Å². The Hall–Kier alpha value is -3.13. The first-order valence-corrected chi connectivity index (χ1v) is 7.32. The van der Waals surface area contributed by atoms with Crippen molar-refractivity contribution in [2.24, 2.45) is 0 Å². The molecule has 9 heteroatoms. The number of rotatable bonds is 6.